The fourth-order valence-electron chi connectivity index (χ4n) is 4.03. The zero-order chi connectivity index (χ0) is 21.4. The summed E-state index contributed by atoms with van der Waals surface area (Å²) in [4.78, 5) is 4.69. The lowest BCUT2D eigenvalue weighted by Gasteiger charge is -2.16. The first-order chi connectivity index (χ1) is 15.0. The molecule has 1 unspecified atom stereocenters. The van der Waals surface area contributed by atoms with Crippen molar-refractivity contribution < 1.29 is 12.8 Å². The van der Waals surface area contributed by atoms with Gasteiger partial charge in [0, 0.05) is 5.39 Å². The maximum Gasteiger partial charge on any atom is 0.261 e. The summed E-state index contributed by atoms with van der Waals surface area (Å²) >= 11 is 0. The summed E-state index contributed by atoms with van der Waals surface area (Å²) in [6.07, 6.45) is 2.05. The van der Waals surface area contributed by atoms with E-state index in [-0.39, 0.29) is 10.9 Å². The van der Waals surface area contributed by atoms with Gasteiger partial charge in [-0.15, -0.1) is 0 Å². The molecule has 5 nitrogen and oxygen atoms in total. The number of pyridine rings is 1. The number of hydrogen-bond donors (Lipinski definition) is 2. The molecule has 0 saturated carbocycles. The van der Waals surface area contributed by atoms with Crippen LogP contribution in [-0.2, 0) is 16.4 Å². The van der Waals surface area contributed by atoms with Crippen molar-refractivity contribution in [3.63, 3.8) is 0 Å². The van der Waals surface area contributed by atoms with E-state index >= 15 is 0 Å². The number of nitrogens with zero attached hydrogens (tertiary/aromatic N) is 1. The molecule has 1 atom stereocenters. The van der Waals surface area contributed by atoms with Crippen LogP contribution in [0.2, 0.25) is 0 Å². The van der Waals surface area contributed by atoms with Crippen molar-refractivity contribution in [2.75, 3.05) is 10.0 Å². The Balaban J connectivity index is 1.42. The smallest absolute Gasteiger partial charge is 0.261 e. The molecule has 4 aromatic rings. The fourth-order valence-corrected chi connectivity index (χ4v) is 5.11. The maximum atomic E-state index is 13.1. The highest BCUT2D eigenvalue weighted by molar-refractivity contribution is 7.92. The molecule has 0 fully saturated rings. The quantitative estimate of drug-likeness (QED) is 0.450. The van der Waals surface area contributed by atoms with E-state index in [1.165, 1.54) is 23.3 Å². The summed E-state index contributed by atoms with van der Waals surface area (Å²) < 4.78 is 41.1. The van der Waals surface area contributed by atoms with Crippen LogP contribution in [0, 0.1) is 5.82 Å². The third kappa shape index (κ3) is 3.84. The number of aromatic nitrogens is 1. The molecule has 156 valence electrons. The molecule has 0 radical (unpaired) electrons. The third-order valence-electron chi connectivity index (χ3n) is 5.56. The van der Waals surface area contributed by atoms with E-state index in [0.717, 1.165) is 30.8 Å². The Bertz CT molecular complexity index is 1370. The molecule has 1 aliphatic carbocycles. The molecular formula is C24H20FN3O2S. The average Bonchev–Trinajstić information content (AvgIpc) is 3.17. The van der Waals surface area contributed by atoms with Gasteiger partial charge in [-0.25, -0.2) is 17.8 Å². The van der Waals surface area contributed by atoms with E-state index in [1.54, 1.807) is 12.1 Å². The Morgan fingerprint density at radius 2 is 1.71 bits per heavy atom. The molecule has 0 aliphatic heterocycles. The zero-order valence-electron chi connectivity index (χ0n) is 16.5. The van der Waals surface area contributed by atoms with E-state index < -0.39 is 15.8 Å². The van der Waals surface area contributed by atoms with Crippen LogP contribution in [0.3, 0.4) is 0 Å². The first-order valence-corrected chi connectivity index (χ1v) is 11.5. The van der Waals surface area contributed by atoms with Crippen molar-refractivity contribution in [1.82, 2.24) is 4.98 Å². The summed E-state index contributed by atoms with van der Waals surface area (Å²) in [5.74, 6) is 0.256. The van der Waals surface area contributed by atoms with Crippen molar-refractivity contribution >= 4 is 32.4 Å². The lowest BCUT2D eigenvalue weighted by molar-refractivity contribution is 0.599. The van der Waals surface area contributed by atoms with Gasteiger partial charge in [-0.3, -0.25) is 4.72 Å². The largest absolute Gasteiger partial charge is 0.363 e. The van der Waals surface area contributed by atoms with E-state index in [1.807, 2.05) is 24.3 Å². The van der Waals surface area contributed by atoms with Gasteiger partial charge in [0.2, 0.25) is 0 Å². The van der Waals surface area contributed by atoms with E-state index in [2.05, 4.69) is 28.2 Å². The van der Waals surface area contributed by atoms with Crippen molar-refractivity contribution in [2.24, 2.45) is 0 Å². The second-order valence-electron chi connectivity index (χ2n) is 7.56. The van der Waals surface area contributed by atoms with Gasteiger partial charge in [0.15, 0.2) is 0 Å². The average molecular weight is 434 g/mol. The molecule has 0 amide bonds. The van der Waals surface area contributed by atoms with Crippen molar-refractivity contribution in [1.29, 1.82) is 0 Å². The van der Waals surface area contributed by atoms with Gasteiger partial charge < -0.3 is 5.32 Å². The molecular weight excluding hydrogens is 413 g/mol. The molecule has 0 bridgehead atoms. The first kappa shape index (κ1) is 19.5. The van der Waals surface area contributed by atoms with Gasteiger partial charge in [0.25, 0.3) is 10.0 Å². The van der Waals surface area contributed by atoms with Crippen LogP contribution in [-0.4, -0.2) is 13.4 Å². The molecule has 1 heterocycles. The minimum absolute atomic E-state index is 0.00273. The lowest BCUT2D eigenvalue weighted by Crippen LogP contribution is -2.13. The second kappa shape index (κ2) is 7.67. The second-order valence-corrected chi connectivity index (χ2v) is 9.24. The third-order valence-corrected chi connectivity index (χ3v) is 6.94. The number of aryl methyl sites for hydroxylation is 1. The van der Waals surface area contributed by atoms with Crippen LogP contribution in [0.1, 0.15) is 23.6 Å². The number of rotatable bonds is 5. The normalized spacial score (nSPS) is 15.6. The Morgan fingerprint density at radius 1 is 0.903 bits per heavy atom. The molecule has 5 rings (SSSR count). The van der Waals surface area contributed by atoms with Crippen molar-refractivity contribution in [3.8, 4) is 0 Å². The van der Waals surface area contributed by atoms with Crippen LogP contribution in [0.25, 0.3) is 10.9 Å². The Morgan fingerprint density at radius 3 is 2.55 bits per heavy atom. The SMILES string of the molecule is O=S(=O)(Nc1cccc2nc(NC3CCc4ccccc43)ccc12)c1ccc(F)cc1. The van der Waals surface area contributed by atoms with Gasteiger partial charge in [0.1, 0.15) is 11.6 Å². The van der Waals surface area contributed by atoms with Gasteiger partial charge in [-0.1, -0.05) is 30.3 Å². The molecule has 1 aromatic heterocycles. The zero-order valence-corrected chi connectivity index (χ0v) is 17.4. The van der Waals surface area contributed by atoms with Crippen LogP contribution in [0.4, 0.5) is 15.9 Å². The number of nitrogens with one attached hydrogen (secondary N) is 2. The van der Waals surface area contributed by atoms with E-state index in [4.69, 9.17) is 4.98 Å². The van der Waals surface area contributed by atoms with Gasteiger partial charge >= 0.3 is 0 Å². The molecule has 7 heteroatoms. The van der Waals surface area contributed by atoms with Crippen LogP contribution >= 0.6 is 0 Å². The minimum atomic E-state index is -3.84. The summed E-state index contributed by atoms with van der Waals surface area (Å²) in [7, 11) is -3.84. The number of halogens is 1. The van der Waals surface area contributed by atoms with Gasteiger partial charge in [0.05, 0.1) is 22.1 Å². The maximum absolute atomic E-state index is 13.1. The number of fused-ring (bicyclic) bond motifs is 2. The minimum Gasteiger partial charge on any atom is -0.363 e. The highest BCUT2D eigenvalue weighted by atomic mass is 32.2. The van der Waals surface area contributed by atoms with Crippen molar-refractivity contribution in [3.05, 3.63) is 95.8 Å². The monoisotopic (exact) mass is 433 g/mol. The summed E-state index contributed by atoms with van der Waals surface area (Å²) in [5, 5.41) is 4.19. The van der Waals surface area contributed by atoms with Crippen LogP contribution in [0.15, 0.2) is 83.8 Å². The summed E-state index contributed by atoms with van der Waals surface area (Å²) in [6.45, 7) is 0. The fraction of sp³-hybridized carbons (Fsp3) is 0.125. The number of benzene rings is 3. The summed E-state index contributed by atoms with van der Waals surface area (Å²) in [6, 6.07) is 22.3. The Kier molecular flexibility index (Phi) is 4.82. The predicted molar refractivity (Wildman–Crippen MR) is 120 cm³/mol. The van der Waals surface area contributed by atoms with Crippen molar-refractivity contribution in [2.45, 2.75) is 23.8 Å². The highest BCUT2D eigenvalue weighted by Gasteiger charge is 2.22. The van der Waals surface area contributed by atoms with E-state index in [9.17, 15) is 12.8 Å². The molecule has 3 aromatic carbocycles. The summed E-state index contributed by atoms with van der Waals surface area (Å²) in [5.41, 5.74) is 3.76. The first-order valence-electron chi connectivity index (χ1n) is 10.0. The Labute approximate surface area is 180 Å². The van der Waals surface area contributed by atoms with Crippen LogP contribution < -0.4 is 10.0 Å². The number of hydrogen-bond acceptors (Lipinski definition) is 4. The lowest BCUT2D eigenvalue weighted by atomic mass is 10.1. The molecule has 31 heavy (non-hydrogen) atoms. The molecule has 0 spiro atoms. The van der Waals surface area contributed by atoms with Gasteiger partial charge in [-0.05, 0) is 72.5 Å². The molecule has 0 saturated heterocycles. The molecule has 2 N–H and O–H groups in total. The highest BCUT2D eigenvalue weighted by Crippen LogP contribution is 2.34. The number of sulfonamides is 1. The van der Waals surface area contributed by atoms with E-state index in [0.29, 0.717) is 16.6 Å². The number of anilines is 2. The predicted octanol–water partition coefficient (Wildman–Crippen LogP) is 5.27. The van der Waals surface area contributed by atoms with Gasteiger partial charge in [-0.2, -0.15) is 0 Å². The topological polar surface area (TPSA) is 71.1 Å². The van der Waals surface area contributed by atoms with Crippen LogP contribution in [0.5, 0.6) is 0 Å². The Hall–Kier alpha value is -3.45. The standard InChI is InChI=1S/C24H20FN3O2S/c25-17-9-11-18(12-10-17)31(29,30)28-23-7-3-6-21-20(23)13-15-24(26-21)27-22-14-8-16-4-1-2-5-19(16)22/h1-7,9-13,15,22,28H,8,14H2,(H,26,27). The molecule has 1 aliphatic rings.